The molecule has 0 saturated carbocycles. The van der Waals surface area contributed by atoms with Crippen molar-refractivity contribution < 1.29 is 4.79 Å². The predicted molar refractivity (Wildman–Crippen MR) is 110 cm³/mol. The minimum absolute atomic E-state index is 0.267. The Morgan fingerprint density at radius 3 is 2.52 bits per heavy atom. The van der Waals surface area contributed by atoms with Crippen LogP contribution in [0.1, 0.15) is 16.1 Å². The van der Waals surface area contributed by atoms with E-state index in [9.17, 15) is 4.79 Å². The first-order valence-electron chi connectivity index (χ1n) is 8.37. The lowest BCUT2D eigenvalue weighted by atomic mass is 10.2. The second-order valence-electron chi connectivity index (χ2n) is 6.22. The van der Waals surface area contributed by atoms with Gasteiger partial charge in [0.15, 0.2) is 0 Å². The van der Waals surface area contributed by atoms with Crippen LogP contribution >= 0.6 is 11.6 Å². The lowest BCUT2D eigenvalue weighted by Gasteiger charge is -2.13. The maximum atomic E-state index is 12.5. The summed E-state index contributed by atoms with van der Waals surface area (Å²) in [5, 5.41) is 6.67. The molecule has 0 fully saturated rings. The highest BCUT2D eigenvalue weighted by Crippen LogP contribution is 2.25. The summed E-state index contributed by atoms with van der Waals surface area (Å²) in [4.78, 5) is 22.7. The van der Waals surface area contributed by atoms with Crippen LogP contribution in [0.15, 0.2) is 54.9 Å². The fourth-order valence-corrected chi connectivity index (χ4v) is 2.64. The molecule has 2 N–H and O–H groups in total. The second-order valence-corrected chi connectivity index (χ2v) is 6.63. The number of hydrogen-bond acceptors (Lipinski definition) is 5. The van der Waals surface area contributed by atoms with E-state index >= 15 is 0 Å². The summed E-state index contributed by atoms with van der Waals surface area (Å²) in [6.45, 7) is 1.91. The fraction of sp³-hybridized carbons (Fsp3) is 0.150. The molecule has 3 aromatic rings. The predicted octanol–water partition coefficient (Wildman–Crippen LogP) is 4.50. The molecule has 0 aliphatic heterocycles. The van der Waals surface area contributed by atoms with E-state index in [1.54, 1.807) is 6.07 Å². The molecule has 3 rings (SSSR count). The van der Waals surface area contributed by atoms with Crippen molar-refractivity contribution >= 4 is 40.4 Å². The van der Waals surface area contributed by atoms with E-state index in [0.717, 1.165) is 16.9 Å². The third kappa shape index (κ3) is 4.54. The normalized spacial score (nSPS) is 10.4. The highest BCUT2D eigenvalue weighted by atomic mass is 35.5. The standard InChI is InChI=1S/C20H20ClN5O/c1-13-16(21)5-4-6-17(13)25-19-11-18(22-12-23-19)20(27)24-14-7-9-15(10-8-14)26(2)3/h4-12H,1-3H3,(H,24,27)(H,22,23,25). The molecule has 0 radical (unpaired) electrons. The molecule has 0 bridgehead atoms. The second kappa shape index (κ2) is 8.05. The number of aromatic nitrogens is 2. The number of nitrogens with zero attached hydrogens (tertiary/aromatic N) is 3. The first-order valence-corrected chi connectivity index (χ1v) is 8.75. The summed E-state index contributed by atoms with van der Waals surface area (Å²) >= 11 is 6.14. The Bertz CT molecular complexity index is 957. The van der Waals surface area contributed by atoms with Gasteiger partial charge in [0.05, 0.1) is 0 Å². The number of benzene rings is 2. The fourth-order valence-electron chi connectivity index (χ4n) is 2.47. The molecular weight excluding hydrogens is 362 g/mol. The van der Waals surface area contributed by atoms with Crippen LogP contribution in [0, 0.1) is 6.92 Å². The number of nitrogens with one attached hydrogen (secondary N) is 2. The number of halogens is 1. The monoisotopic (exact) mass is 381 g/mol. The van der Waals surface area contributed by atoms with Crippen LogP contribution in [-0.2, 0) is 0 Å². The summed E-state index contributed by atoms with van der Waals surface area (Å²) in [5.74, 6) is 0.212. The van der Waals surface area contributed by atoms with E-state index in [2.05, 4.69) is 20.6 Å². The maximum Gasteiger partial charge on any atom is 0.274 e. The third-order valence-electron chi connectivity index (χ3n) is 4.07. The largest absolute Gasteiger partial charge is 0.378 e. The molecule has 7 heteroatoms. The van der Waals surface area contributed by atoms with Crippen molar-refractivity contribution in [2.45, 2.75) is 6.92 Å². The molecule has 1 heterocycles. The molecule has 1 aromatic heterocycles. The van der Waals surface area contributed by atoms with Gasteiger partial charge in [-0.15, -0.1) is 0 Å². The van der Waals surface area contributed by atoms with E-state index in [4.69, 9.17) is 11.6 Å². The van der Waals surface area contributed by atoms with E-state index < -0.39 is 0 Å². The Morgan fingerprint density at radius 1 is 1.07 bits per heavy atom. The lowest BCUT2D eigenvalue weighted by molar-refractivity contribution is 0.102. The smallest absolute Gasteiger partial charge is 0.274 e. The molecule has 0 aliphatic carbocycles. The highest BCUT2D eigenvalue weighted by molar-refractivity contribution is 6.31. The van der Waals surface area contributed by atoms with Crippen molar-refractivity contribution in [3.8, 4) is 0 Å². The lowest BCUT2D eigenvalue weighted by Crippen LogP contribution is -2.14. The summed E-state index contributed by atoms with van der Waals surface area (Å²) in [6.07, 6.45) is 1.35. The summed E-state index contributed by atoms with van der Waals surface area (Å²) < 4.78 is 0. The van der Waals surface area contributed by atoms with E-state index in [1.165, 1.54) is 6.33 Å². The van der Waals surface area contributed by atoms with Gasteiger partial charge in [-0.25, -0.2) is 9.97 Å². The van der Waals surface area contributed by atoms with Gasteiger partial charge in [0.1, 0.15) is 17.8 Å². The molecule has 1 amide bonds. The zero-order valence-electron chi connectivity index (χ0n) is 15.3. The number of hydrogen-bond donors (Lipinski definition) is 2. The van der Waals surface area contributed by atoms with E-state index in [1.807, 2.05) is 68.4 Å². The van der Waals surface area contributed by atoms with Gasteiger partial charge in [-0.1, -0.05) is 17.7 Å². The zero-order chi connectivity index (χ0) is 19.4. The molecule has 27 heavy (non-hydrogen) atoms. The van der Waals surface area contributed by atoms with Crippen molar-refractivity contribution in [1.29, 1.82) is 0 Å². The molecule has 0 unspecified atom stereocenters. The van der Waals surface area contributed by atoms with Gasteiger partial charge in [-0.3, -0.25) is 4.79 Å². The van der Waals surface area contributed by atoms with Crippen LogP contribution in [0.5, 0.6) is 0 Å². The van der Waals surface area contributed by atoms with Crippen molar-refractivity contribution in [3.63, 3.8) is 0 Å². The minimum atomic E-state index is -0.305. The van der Waals surface area contributed by atoms with Gasteiger partial charge >= 0.3 is 0 Å². The molecule has 0 spiro atoms. The molecule has 0 aliphatic rings. The van der Waals surface area contributed by atoms with Crippen LogP contribution in [0.2, 0.25) is 5.02 Å². The van der Waals surface area contributed by atoms with Crippen LogP contribution in [0.25, 0.3) is 0 Å². The van der Waals surface area contributed by atoms with Gasteiger partial charge < -0.3 is 15.5 Å². The highest BCUT2D eigenvalue weighted by Gasteiger charge is 2.11. The Kier molecular flexibility index (Phi) is 5.57. The van der Waals surface area contributed by atoms with E-state index in [0.29, 0.717) is 16.5 Å². The number of anilines is 4. The molecule has 0 saturated heterocycles. The molecule has 0 atom stereocenters. The molecular formula is C20H20ClN5O. The van der Waals surface area contributed by atoms with E-state index in [-0.39, 0.29) is 11.6 Å². The Labute approximate surface area is 163 Å². The van der Waals surface area contributed by atoms with Crippen LogP contribution in [-0.4, -0.2) is 30.0 Å². The number of carbonyl (C=O) groups is 1. The number of rotatable bonds is 5. The zero-order valence-corrected chi connectivity index (χ0v) is 16.1. The maximum absolute atomic E-state index is 12.5. The molecule has 2 aromatic carbocycles. The van der Waals surface area contributed by atoms with Crippen molar-refractivity contribution in [2.24, 2.45) is 0 Å². The van der Waals surface area contributed by atoms with Gasteiger partial charge in [0.25, 0.3) is 5.91 Å². The molecule has 138 valence electrons. The average molecular weight is 382 g/mol. The van der Waals surface area contributed by atoms with Crippen LogP contribution < -0.4 is 15.5 Å². The molecule has 6 nitrogen and oxygen atoms in total. The van der Waals surface area contributed by atoms with Crippen LogP contribution in [0.4, 0.5) is 22.9 Å². The first-order chi connectivity index (χ1) is 12.9. The van der Waals surface area contributed by atoms with Gasteiger partial charge in [0, 0.05) is 42.2 Å². The average Bonchev–Trinajstić information content (AvgIpc) is 2.66. The van der Waals surface area contributed by atoms with Crippen LogP contribution in [0.3, 0.4) is 0 Å². The Morgan fingerprint density at radius 2 is 1.81 bits per heavy atom. The van der Waals surface area contributed by atoms with Gasteiger partial charge in [-0.05, 0) is 48.9 Å². The Hall–Kier alpha value is -3.12. The third-order valence-corrected chi connectivity index (χ3v) is 4.48. The summed E-state index contributed by atoms with van der Waals surface area (Å²) in [5.41, 5.74) is 3.75. The summed E-state index contributed by atoms with van der Waals surface area (Å²) in [6, 6.07) is 14.7. The van der Waals surface area contributed by atoms with Crippen molar-refractivity contribution in [3.05, 3.63) is 71.1 Å². The van der Waals surface area contributed by atoms with Gasteiger partial charge in [0.2, 0.25) is 0 Å². The number of amides is 1. The topological polar surface area (TPSA) is 70.2 Å². The first kappa shape index (κ1) is 18.7. The summed E-state index contributed by atoms with van der Waals surface area (Å²) in [7, 11) is 3.93. The quantitative estimate of drug-likeness (QED) is 0.680. The minimum Gasteiger partial charge on any atom is -0.378 e. The van der Waals surface area contributed by atoms with Gasteiger partial charge in [-0.2, -0.15) is 0 Å². The number of carbonyl (C=O) groups excluding carboxylic acids is 1. The Balaban J connectivity index is 1.74. The van der Waals surface area contributed by atoms with Crippen molar-refractivity contribution in [2.75, 3.05) is 29.6 Å². The van der Waals surface area contributed by atoms with Crippen molar-refractivity contribution in [1.82, 2.24) is 9.97 Å². The SMILES string of the molecule is Cc1c(Cl)cccc1Nc1cc(C(=O)Nc2ccc(N(C)C)cc2)ncn1.